The molecule has 0 aliphatic carbocycles. The lowest BCUT2D eigenvalue weighted by Crippen LogP contribution is -2.09. The molecular formula is C6H6N4O2. The Morgan fingerprint density at radius 3 is 3.00 bits per heavy atom. The lowest BCUT2D eigenvalue weighted by atomic mass is 10.4. The Morgan fingerprint density at radius 1 is 1.50 bits per heavy atom. The molecule has 0 fully saturated rings. The molecule has 0 aliphatic rings. The largest absolute Gasteiger partial charge is 0.422 e. The van der Waals surface area contributed by atoms with Crippen molar-refractivity contribution >= 4 is 22.9 Å². The Bertz CT molecular complexity index is 484. The van der Waals surface area contributed by atoms with Gasteiger partial charge in [-0.05, 0) is 0 Å². The summed E-state index contributed by atoms with van der Waals surface area (Å²) in [5.41, 5.74) is 10.4. The fourth-order valence-electron chi connectivity index (χ4n) is 0.967. The highest BCUT2D eigenvalue weighted by Crippen LogP contribution is 2.14. The molecule has 2 rings (SSSR count). The van der Waals surface area contributed by atoms with Gasteiger partial charge in [0.25, 0.3) is 5.56 Å². The van der Waals surface area contributed by atoms with Crippen LogP contribution in [0.25, 0.3) is 11.1 Å². The predicted octanol–water partition coefficient (Wildman–Crippen LogP) is -0.320. The first-order valence-corrected chi connectivity index (χ1v) is 3.21. The maximum absolute atomic E-state index is 11.1. The molecule has 2 aromatic rings. The van der Waals surface area contributed by atoms with Crippen LogP contribution >= 0.6 is 0 Å². The molecule has 0 aliphatic heterocycles. The smallest absolute Gasteiger partial charge is 0.263 e. The van der Waals surface area contributed by atoms with Crippen LogP contribution in [-0.2, 0) is 0 Å². The lowest BCUT2D eigenvalue weighted by molar-refractivity contribution is 0.623. The van der Waals surface area contributed by atoms with Gasteiger partial charge in [0.1, 0.15) is 5.39 Å². The first kappa shape index (κ1) is 6.71. The third-order valence-corrected chi connectivity index (χ3v) is 1.44. The zero-order chi connectivity index (χ0) is 8.72. The number of hydrogen-bond donors (Lipinski definition) is 3. The highest BCUT2D eigenvalue weighted by Gasteiger charge is 2.06. The minimum atomic E-state index is -0.349. The highest BCUT2D eigenvalue weighted by atomic mass is 16.4. The molecule has 0 bridgehead atoms. The first-order chi connectivity index (χ1) is 5.66. The molecule has 0 saturated carbocycles. The molecule has 0 unspecified atom stereocenters. The van der Waals surface area contributed by atoms with Gasteiger partial charge in [-0.2, -0.15) is 4.98 Å². The number of furan rings is 1. The third kappa shape index (κ3) is 0.815. The average molecular weight is 166 g/mol. The minimum Gasteiger partial charge on any atom is -0.422 e. The quantitative estimate of drug-likeness (QED) is 0.496. The lowest BCUT2D eigenvalue weighted by Gasteiger charge is -1.89. The maximum Gasteiger partial charge on any atom is 0.263 e. The number of nitrogens with two attached hydrogens (primary N) is 2. The minimum absolute atomic E-state index is 0.0156. The third-order valence-electron chi connectivity index (χ3n) is 1.44. The van der Waals surface area contributed by atoms with Crippen molar-refractivity contribution in [3.8, 4) is 0 Å². The summed E-state index contributed by atoms with van der Waals surface area (Å²) in [5, 5.41) is 0.307. The van der Waals surface area contributed by atoms with Crippen LogP contribution in [-0.4, -0.2) is 9.97 Å². The number of anilines is 2. The number of nitrogens with one attached hydrogen (secondary N) is 1. The zero-order valence-electron chi connectivity index (χ0n) is 6.00. The normalized spacial score (nSPS) is 10.7. The Hall–Kier alpha value is -1.98. The summed E-state index contributed by atoms with van der Waals surface area (Å²) in [4.78, 5) is 17.2. The number of rotatable bonds is 0. The van der Waals surface area contributed by atoms with Crippen molar-refractivity contribution in [3.05, 3.63) is 16.4 Å². The van der Waals surface area contributed by atoms with E-state index in [1.165, 1.54) is 6.07 Å². The van der Waals surface area contributed by atoms with Crippen LogP contribution in [0, 0.1) is 0 Å². The van der Waals surface area contributed by atoms with Gasteiger partial charge in [0, 0.05) is 6.07 Å². The molecule has 6 heteroatoms. The van der Waals surface area contributed by atoms with E-state index in [2.05, 4.69) is 9.97 Å². The average Bonchev–Trinajstić information content (AvgIpc) is 2.29. The first-order valence-electron chi connectivity index (χ1n) is 3.21. The SMILES string of the molecule is Nc1nc2oc(N)cc2c(=O)[nH]1. The second-order valence-corrected chi connectivity index (χ2v) is 2.32. The Morgan fingerprint density at radius 2 is 2.25 bits per heavy atom. The fourth-order valence-corrected chi connectivity index (χ4v) is 0.967. The van der Waals surface area contributed by atoms with Crippen LogP contribution in [0.4, 0.5) is 11.8 Å². The number of H-pyrrole nitrogens is 1. The molecule has 5 N–H and O–H groups in total. The molecule has 0 amide bonds. The van der Waals surface area contributed by atoms with E-state index in [1.807, 2.05) is 0 Å². The molecule has 0 atom stereocenters. The van der Waals surface area contributed by atoms with E-state index in [0.29, 0.717) is 5.39 Å². The van der Waals surface area contributed by atoms with E-state index in [0.717, 1.165) is 0 Å². The fraction of sp³-hybridized carbons (Fsp3) is 0. The van der Waals surface area contributed by atoms with Gasteiger partial charge in [0.05, 0.1) is 0 Å². The van der Waals surface area contributed by atoms with E-state index in [4.69, 9.17) is 15.9 Å². The monoisotopic (exact) mass is 166 g/mol. The summed E-state index contributed by atoms with van der Waals surface area (Å²) in [6.07, 6.45) is 0. The van der Waals surface area contributed by atoms with E-state index in [9.17, 15) is 4.79 Å². The van der Waals surface area contributed by atoms with Crippen LogP contribution in [0.2, 0.25) is 0 Å². The van der Waals surface area contributed by atoms with Gasteiger partial charge < -0.3 is 15.9 Å². The summed E-state index contributed by atoms with van der Waals surface area (Å²) in [5.74, 6) is 0.162. The van der Waals surface area contributed by atoms with Crippen LogP contribution < -0.4 is 17.0 Å². The topological polar surface area (TPSA) is 111 Å². The molecule has 2 heterocycles. The number of nitrogen functional groups attached to an aromatic ring is 2. The number of hydrogen-bond acceptors (Lipinski definition) is 5. The summed E-state index contributed by atoms with van der Waals surface area (Å²) in [6.45, 7) is 0. The van der Waals surface area contributed by atoms with Crippen LogP contribution in [0.15, 0.2) is 15.3 Å². The Labute approximate surface area is 66.2 Å². The zero-order valence-corrected chi connectivity index (χ0v) is 6.00. The van der Waals surface area contributed by atoms with Crippen molar-refractivity contribution in [2.24, 2.45) is 0 Å². The predicted molar refractivity (Wildman–Crippen MR) is 43.5 cm³/mol. The van der Waals surface area contributed by atoms with Gasteiger partial charge in [-0.1, -0.05) is 0 Å². The van der Waals surface area contributed by atoms with Crippen molar-refractivity contribution in [3.63, 3.8) is 0 Å². The van der Waals surface area contributed by atoms with Crippen LogP contribution in [0.3, 0.4) is 0 Å². The van der Waals surface area contributed by atoms with Gasteiger partial charge in [0.2, 0.25) is 11.7 Å². The van der Waals surface area contributed by atoms with Crippen molar-refractivity contribution < 1.29 is 4.42 Å². The van der Waals surface area contributed by atoms with E-state index < -0.39 is 0 Å². The standard InChI is InChI=1S/C6H6N4O2/c7-3-1-2-4(11)9-6(8)10-5(2)12-3/h1H,7H2,(H3,8,9,10,11). The van der Waals surface area contributed by atoms with Gasteiger partial charge in [-0.25, -0.2) is 0 Å². The molecule has 0 saturated heterocycles. The number of fused-ring (bicyclic) bond motifs is 1. The van der Waals surface area contributed by atoms with E-state index in [-0.39, 0.29) is 23.1 Å². The molecule has 0 aromatic carbocycles. The summed E-state index contributed by atoms with van der Waals surface area (Å²) >= 11 is 0. The maximum atomic E-state index is 11.1. The van der Waals surface area contributed by atoms with E-state index >= 15 is 0 Å². The molecule has 0 radical (unpaired) electrons. The van der Waals surface area contributed by atoms with Crippen molar-refractivity contribution in [2.75, 3.05) is 11.5 Å². The van der Waals surface area contributed by atoms with Gasteiger partial charge in [-0.15, -0.1) is 0 Å². The van der Waals surface area contributed by atoms with Crippen LogP contribution in [0.1, 0.15) is 0 Å². The molecule has 0 spiro atoms. The number of aromatic amines is 1. The van der Waals surface area contributed by atoms with Crippen molar-refractivity contribution in [1.29, 1.82) is 0 Å². The summed E-state index contributed by atoms with van der Waals surface area (Å²) in [6, 6.07) is 1.40. The molecule has 62 valence electrons. The van der Waals surface area contributed by atoms with Crippen LogP contribution in [0.5, 0.6) is 0 Å². The molecular weight excluding hydrogens is 160 g/mol. The second-order valence-electron chi connectivity index (χ2n) is 2.32. The Balaban J connectivity index is 2.98. The number of aromatic nitrogens is 2. The summed E-state index contributed by atoms with van der Waals surface area (Å²) in [7, 11) is 0. The van der Waals surface area contributed by atoms with Gasteiger partial charge >= 0.3 is 0 Å². The van der Waals surface area contributed by atoms with E-state index in [1.54, 1.807) is 0 Å². The van der Waals surface area contributed by atoms with Gasteiger partial charge in [-0.3, -0.25) is 9.78 Å². The van der Waals surface area contributed by atoms with Gasteiger partial charge in [0.15, 0.2) is 5.88 Å². The Kier molecular flexibility index (Phi) is 1.12. The van der Waals surface area contributed by atoms with Crippen molar-refractivity contribution in [2.45, 2.75) is 0 Å². The molecule has 2 aromatic heterocycles. The second kappa shape index (κ2) is 2.00. The molecule has 6 nitrogen and oxygen atoms in total. The molecule has 12 heavy (non-hydrogen) atoms. The highest BCUT2D eigenvalue weighted by molar-refractivity contribution is 5.76. The number of nitrogens with zero attached hydrogens (tertiary/aromatic N) is 1. The van der Waals surface area contributed by atoms with Crippen molar-refractivity contribution in [1.82, 2.24) is 9.97 Å². The summed E-state index contributed by atoms with van der Waals surface area (Å²) < 4.78 is 4.90.